The molecule has 1 aromatic heterocycles. The number of nitrogens with two attached hydrogens (primary N) is 1. The number of ether oxygens (including phenoxy) is 8. The summed E-state index contributed by atoms with van der Waals surface area (Å²) >= 11 is 0. The number of primary amides is 1. The van der Waals surface area contributed by atoms with Crippen LogP contribution >= 0.6 is 7.60 Å². The fourth-order valence-corrected chi connectivity index (χ4v) is 7.39. The monoisotopic (exact) mass is 1040 g/mol. The van der Waals surface area contributed by atoms with Crippen molar-refractivity contribution in [2.75, 3.05) is 132 Å². The summed E-state index contributed by atoms with van der Waals surface area (Å²) in [7, 11) is -3.00. The first-order valence-corrected chi connectivity index (χ1v) is 25.6. The zero-order valence-corrected chi connectivity index (χ0v) is 42.9. The number of hydrogen-bond donors (Lipinski definition) is 9. The van der Waals surface area contributed by atoms with Gasteiger partial charge in [-0.05, 0) is 24.7 Å². The number of aliphatic hydroxyl groups is 1. The Morgan fingerprint density at radius 2 is 1.20 bits per heavy atom. The van der Waals surface area contributed by atoms with E-state index in [4.69, 9.17) is 43.6 Å². The van der Waals surface area contributed by atoms with Gasteiger partial charge in [0.2, 0.25) is 35.4 Å². The number of amides is 6. The van der Waals surface area contributed by atoms with E-state index in [2.05, 4.69) is 31.2 Å². The molecule has 0 spiro atoms. The lowest BCUT2D eigenvalue weighted by Crippen LogP contribution is -2.60. The first-order valence-electron chi connectivity index (χ1n) is 23.9. The molecule has 410 valence electrons. The van der Waals surface area contributed by atoms with Crippen LogP contribution in [-0.4, -0.2) is 221 Å². The number of unbranched alkanes of at least 4 members (excludes halogenated alkanes) is 1. The van der Waals surface area contributed by atoms with Gasteiger partial charge in [-0.25, -0.2) is 4.98 Å². The molecular weight excluding hydrogens is 959 g/mol. The van der Waals surface area contributed by atoms with Crippen molar-refractivity contribution in [3.05, 3.63) is 18.2 Å². The van der Waals surface area contributed by atoms with Crippen LogP contribution in [0.15, 0.2) is 12.5 Å². The topological polar surface area (TPSA) is 360 Å². The summed E-state index contributed by atoms with van der Waals surface area (Å²) in [6.07, 6.45) is 3.27. The van der Waals surface area contributed by atoms with Gasteiger partial charge in [-0.3, -0.25) is 33.3 Å². The van der Waals surface area contributed by atoms with Crippen molar-refractivity contribution in [3.8, 4) is 0 Å². The number of aromatic nitrogens is 2. The second kappa shape index (κ2) is 39.4. The molecule has 0 aromatic carbocycles. The highest BCUT2D eigenvalue weighted by molar-refractivity contribution is 7.51. The number of carbonyl (C=O) groups is 6. The third kappa shape index (κ3) is 32.5. The minimum absolute atomic E-state index is 0.00713. The molecule has 0 aliphatic carbocycles. The highest BCUT2D eigenvalue weighted by Crippen LogP contribution is 2.37. The van der Waals surface area contributed by atoms with Crippen molar-refractivity contribution in [1.29, 1.82) is 0 Å². The summed E-state index contributed by atoms with van der Waals surface area (Å²) in [6.45, 7) is 11.8. The van der Waals surface area contributed by atoms with Crippen LogP contribution in [-0.2, 0) is 77.6 Å². The van der Waals surface area contributed by atoms with E-state index in [1.54, 1.807) is 7.11 Å². The number of rotatable bonds is 45. The zero-order chi connectivity index (χ0) is 52.9. The minimum atomic E-state index is -4.62. The van der Waals surface area contributed by atoms with E-state index in [-0.39, 0.29) is 64.0 Å². The average Bonchev–Trinajstić information content (AvgIpc) is 3.83. The van der Waals surface area contributed by atoms with Crippen LogP contribution in [0, 0.1) is 11.8 Å². The van der Waals surface area contributed by atoms with E-state index in [9.17, 15) is 48.2 Å². The minimum Gasteiger partial charge on any atom is -0.394 e. The molecule has 6 amide bonds. The maximum Gasteiger partial charge on any atom is 0.325 e. The molecular formula is C44H81N8O18P. The Balaban J connectivity index is 2.63. The molecule has 0 bridgehead atoms. The van der Waals surface area contributed by atoms with E-state index < -0.39 is 80.0 Å². The molecule has 71 heavy (non-hydrogen) atoms. The third-order valence-corrected chi connectivity index (χ3v) is 11.1. The second-order valence-electron chi connectivity index (χ2n) is 16.7. The van der Waals surface area contributed by atoms with Crippen LogP contribution in [0.3, 0.4) is 0 Å². The fourth-order valence-electron chi connectivity index (χ4n) is 6.43. The smallest absolute Gasteiger partial charge is 0.325 e. The van der Waals surface area contributed by atoms with E-state index in [0.29, 0.717) is 91.4 Å². The SMILES string of the molecule is CCCCN(CC(=O)N[C@@H](CC(C)C)C(=O)N[C@@H](Cc1cnc[nH]1)C(=O)N[C@@H](CO)C(=O)N[C@H](C(N)=O)[C@@H](C)CP(=O)(O)O)C(=O)CCOCCOCCOCCOCCOCCOCCOCCOC. The van der Waals surface area contributed by atoms with E-state index in [0.717, 1.165) is 6.42 Å². The van der Waals surface area contributed by atoms with Crippen molar-refractivity contribution >= 4 is 43.0 Å². The highest BCUT2D eigenvalue weighted by atomic mass is 31.2. The Morgan fingerprint density at radius 3 is 1.63 bits per heavy atom. The molecule has 27 heteroatoms. The van der Waals surface area contributed by atoms with Gasteiger partial charge in [0.25, 0.3) is 0 Å². The molecule has 0 fully saturated rings. The molecule has 0 unspecified atom stereocenters. The Labute approximate surface area is 416 Å². The number of nitrogens with one attached hydrogen (secondary N) is 5. The molecule has 5 atom stereocenters. The number of imidazole rings is 1. The molecule has 1 heterocycles. The number of aliphatic hydroxyl groups excluding tert-OH is 1. The lowest BCUT2D eigenvalue weighted by Gasteiger charge is -2.28. The first kappa shape index (κ1) is 64.8. The van der Waals surface area contributed by atoms with Crippen molar-refractivity contribution in [2.24, 2.45) is 17.6 Å². The quantitative estimate of drug-likeness (QED) is 0.0252. The number of methoxy groups -OCH3 is 1. The number of nitrogens with zero attached hydrogens (tertiary/aromatic N) is 2. The van der Waals surface area contributed by atoms with Gasteiger partial charge in [-0.15, -0.1) is 0 Å². The molecule has 1 aromatic rings. The molecule has 0 aliphatic rings. The summed E-state index contributed by atoms with van der Waals surface area (Å²) in [5.74, 6) is -6.10. The first-order chi connectivity index (χ1) is 33.9. The zero-order valence-electron chi connectivity index (χ0n) is 42.0. The Kier molecular flexibility index (Phi) is 35.9. The van der Waals surface area contributed by atoms with Crippen molar-refractivity contribution in [3.63, 3.8) is 0 Å². The predicted molar refractivity (Wildman–Crippen MR) is 256 cm³/mol. The Bertz CT molecular complexity index is 1680. The summed E-state index contributed by atoms with van der Waals surface area (Å²) in [6, 6.07) is -5.83. The normalized spacial score (nSPS) is 13.8. The number of carbonyl (C=O) groups excluding carboxylic acids is 6. The molecule has 0 radical (unpaired) electrons. The van der Waals surface area contributed by atoms with Crippen molar-refractivity contribution in [2.45, 2.75) is 84.0 Å². The average molecular weight is 1040 g/mol. The molecule has 0 aliphatic heterocycles. The molecule has 1 rings (SSSR count). The van der Waals surface area contributed by atoms with Crippen molar-refractivity contribution in [1.82, 2.24) is 36.1 Å². The van der Waals surface area contributed by atoms with E-state index >= 15 is 0 Å². The van der Waals surface area contributed by atoms with Gasteiger partial charge < -0.3 is 89.7 Å². The lowest BCUT2D eigenvalue weighted by molar-refractivity contribution is -0.138. The van der Waals surface area contributed by atoms with Crippen LogP contribution in [0.5, 0.6) is 0 Å². The Hall–Kier alpha value is -4.18. The maximum atomic E-state index is 13.9. The largest absolute Gasteiger partial charge is 0.394 e. The third-order valence-electron chi connectivity index (χ3n) is 10.1. The summed E-state index contributed by atoms with van der Waals surface area (Å²) in [5, 5.41) is 19.9. The number of aromatic amines is 1. The number of H-pyrrole nitrogens is 1. The van der Waals surface area contributed by atoms with Crippen LogP contribution < -0.4 is 27.0 Å². The van der Waals surface area contributed by atoms with Crippen LogP contribution in [0.25, 0.3) is 0 Å². The Morgan fingerprint density at radius 1 is 0.718 bits per heavy atom. The molecule has 0 saturated carbocycles. The van der Waals surface area contributed by atoms with Crippen molar-refractivity contribution < 1.29 is 86.1 Å². The van der Waals surface area contributed by atoms with Gasteiger partial charge in [0.05, 0.1) is 131 Å². The second-order valence-corrected chi connectivity index (χ2v) is 18.4. The predicted octanol–water partition coefficient (Wildman–Crippen LogP) is -1.99. The number of hydrogen-bond acceptors (Lipinski definition) is 17. The van der Waals surface area contributed by atoms with Crippen LogP contribution in [0.4, 0.5) is 0 Å². The summed E-state index contributed by atoms with van der Waals surface area (Å²) in [5.41, 5.74) is 5.78. The van der Waals surface area contributed by atoms with Gasteiger partial charge in [0.15, 0.2) is 0 Å². The molecule has 0 saturated heterocycles. The lowest BCUT2D eigenvalue weighted by atomic mass is 10.0. The standard InChI is InChI=1S/C44H81N8O18P/c1-6-7-9-52(39(55)8-10-64-13-14-66-17-18-68-21-22-70-24-23-69-20-19-67-16-15-65-12-11-63-5)28-38(54)48-35(25-32(2)3)42(57)49-36(26-34-27-46-31-47-34)43(58)50-37(29-53)44(59)51-40(41(45)56)33(4)30-71(60,61)62/h27,31-33,35-37,40,53H,6-26,28-30H2,1-5H3,(H2,45,56)(H,46,47)(H,48,54)(H,49,57)(H,50,58)(H,51,59)(H2,60,61,62)/t33-,35-,36-,37-,40-/m0/s1. The fraction of sp³-hybridized carbons (Fsp3) is 0.795. The molecule has 10 N–H and O–H groups in total. The van der Waals surface area contributed by atoms with Gasteiger partial charge in [-0.1, -0.05) is 34.1 Å². The van der Waals surface area contributed by atoms with Gasteiger partial charge >= 0.3 is 7.60 Å². The summed E-state index contributed by atoms with van der Waals surface area (Å²) < 4.78 is 54.7. The maximum absolute atomic E-state index is 13.9. The van der Waals surface area contributed by atoms with Crippen LogP contribution in [0.1, 0.15) is 59.1 Å². The van der Waals surface area contributed by atoms with Gasteiger partial charge in [0.1, 0.15) is 24.2 Å². The van der Waals surface area contributed by atoms with Crippen LogP contribution in [0.2, 0.25) is 0 Å². The van der Waals surface area contributed by atoms with Gasteiger partial charge in [-0.2, -0.15) is 0 Å². The molecule has 26 nitrogen and oxygen atoms in total. The van der Waals surface area contributed by atoms with E-state index in [1.807, 2.05) is 20.8 Å². The highest BCUT2D eigenvalue weighted by Gasteiger charge is 2.34. The van der Waals surface area contributed by atoms with E-state index in [1.165, 1.54) is 24.3 Å². The summed E-state index contributed by atoms with van der Waals surface area (Å²) in [4.78, 5) is 106. The van der Waals surface area contributed by atoms with Gasteiger partial charge in [0, 0.05) is 32.0 Å².